The van der Waals surface area contributed by atoms with Gasteiger partial charge in [0.05, 0.1) is 11.8 Å². The summed E-state index contributed by atoms with van der Waals surface area (Å²) in [6.07, 6.45) is 2.02. The van der Waals surface area contributed by atoms with Crippen molar-refractivity contribution in [1.82, 2.24) is 30.0 Å². The molecule has 2 aliphatic heterocycles. The van der Waals surface area contributed by atoms with Crippen LogP contribution in [0.2, 0.25) is 5.15 Å². The molecule has 234 valence electrons. The summed E-state index contributed by atoms with van der Waals surface area (Å²) in [5.74, 6) is 1.05. The third kappa shape index (κ3) is 8.22. The van der Waals surface area contributed by atoms with Gasteiger partial charge in [-0.3, -0.25) is 9.69 Å². The van der Waals surface area contributed by atoms with Crippen LogP contribution in [0.3, 0.4) is 0 Å². The van der Waals surface area contributed by atoms with Crippen LogP contribution in [0.25, 0.3) is 0 Å². The summed E-state index contributed by atoms with van der Waals surface area (Å²) in [6, 6.07) is 23.1. The van der Waals surface area contributed by atoms with Crippen LogP contribution in [0.4, 0.5) is 10.6 Å². The number of carbonyl (C=O) groups is 2. The molecule has 9 nitrogen and oxygen atoms in total. The highest BCUT2D eigenvalue weighted by Gasteiger charge is 2.30. The molecule has 1 unspecified atom stereocenters. The predicted molar refractivity (Wildman–Crippen MR) is 177 cm³/mol. The number of anilines is 1. The average molecular weight is 636 g/mol. The van der Waals surface area contributed by atoms with Gasteiger partial charge in [0.15, 0.2) is 5.16 Å². The smallest absolute Gasteiger partial charge is 0.317 e. The number of urea groups is 1. The van der Waals surface area contributed by atoms with E-state index in [1.807, 2.05) is 28.9 Å². The number of rotatable bonds is 10. The summed E-state index contributed by atoms with van der Waals surface area (Å²) in [5.41, 5.74) is 2.52. The first kappa shape index (κ1) is 32.1. The minimum absolute atomic E-state index is 0.0161. The fraction of sp³-hybridized carbons (Fsp3) is 0.455. The highest BCUT2D eigenvalue weighted by molar-refractivity contribution is 7.99. The maximum atomic E-state index is 13.2. The number of hydrogen-bond donors (Lipinski definition) is 1. The van der Waals surface area contributed by atoms with Gasteiger partial charge in [-0.05, 0) is 24.5 Å². The topological polar surface area (TPSA) is 84.9 Å². The molecule has 2 aromatic carbocycles. The third-order valence-corrected chi connectivity index (χ3v) is 9.29. The zero-order valence-corrected chi connectivity index (χ0v) is 27.1. The zero-order valence-electron chi connectivity index (χ0n) is 25.6. The minimum atomic E-state index is -0.0161. The van der Waals surface area contributed by atoms with Crippen molar-refractivity contribution >= 4 is 41.1 Å². The number of amides is 3. The second-order valence-electron chi connectivity index (χ2n) is 11.3. The first-order valence-corrected chi connectivity index (χ1v) is 16.9. The Kier molecular flexibility index (Phi) is 11.4. The molecule has 3 amide bonds. The summed E-state index contributed by atoms with van der Waals surface area (Å²) < 4.78 is 0. The van der Waals surface area contributed by atoms with Gasteiger partial charge < -0.3 is 20.0 Å². The summed E-state index contributed by atoms with van der Waals surface area (Å²) >= 11 is 7.72. The van der Waals surface area contributed by atoms with Crippen LogP contribution in [0.5, 0.6) is 0 Å². The molecule has 0 saturated carbocycles. The highest BCUT2D eigenvalue weighted by Crippen LogP contribution is 2.30. The van der Waals surface area contributed by atoms with Gasteiger partial charge in [-0.1, -0.05) is 97.4 Å². The van der Waals surface area contributed by atoms with Crippen LogP contribution in [0.1, 0.15) is 43.9 Å². The Morgan fingerprint density at radius 3 is 2.23 bits per heavy atom. The molecule has 2 saturated heterocycles. The van der Waals surface area contributed by atoms with Gasteiger partial charge >= 0.3 is 6.03 Å². The molecule has 1 aromatic heterocycles. The Hall–Kier alpha value is -3.34. The molecule has 2 aliphatic rings. The Morgan fingerprint density at radius 2 is 1.61 bits per heavy atom. The third-order valence-electron chi connectivity index (χ3n) is 8.27. The van der Waals surface area contributed by atoms with Crippen LogP contribution >= 0.6 is 23.4 Å². The first-order chi connectivity index (χ1) is 21.4. The lowest BCUT2D eigenvalue weighted by molar-refractivity contribution is -0.130. The Bertz CT molecular complexity index is 1340. The van der Waals surface area contributed by atoms with Crippen LogP contribution in [0.15, 0.2) is 71.9 Å². The Balaban J connectivity index is 1.14. The Labute approximate surface area is 270 Å². The molecule has 0 bridgehead atoms. The van der Waals surface area contributed by atoms with E-state index in [0.29, 0.717) is 49.6 Å². The van der Waals surface area contributed by atoms with Crippen molar-refractivity contribution in [3.05, 3.63) is 83.0 Å². The molecular weight excluding hydrogens is 594 g/mol. The number of carbonyl (C=O) groups excluding carboxylic acids is 2. The summed E-state index contributed by atoms with van der Waals surface area (Å²) in [5, 5.41) is 3.85. The Morgan fingerprint density at radius 1 is 0.955 bits per heavy atom. The molecule has 1 N–H and O–H groups in total. The van der Waals surface area contributed by atoms with Crippen molar-refractivity contribution in [3.63, 3.8) is 0 Å². The SMILES string of the molecule is CCCCNC(=O)N1CCN(c2cc(Cl)nc(SCC(=O)N3CCN(C(c4ccccc4)c4ccccc4)CC3)n2)CC1C. The van der Waals surface area contributed by atoms with Crippen molar-refractivity contribution in [2.24, 2.45) is 0 Å². The molecule has 44 heavy (non-hydrogen) atoms. The molecule has 3 aromatic rings. The normalized spacial score (nSPS) is 17.6. The number of piperazine rings is 2. The molecular formula is C33H42ClN7O2S. The number of hydrogen-bond acceptors (Lipinski definition) is 7. The second-order valence-corrected chi connectivity index (χ2v) is 12.7. The van der Waals surface area contributed by atoms with Crippen molar-refractivity contribution in [3.8, 4) is 0 Å². The van der Waals surface area contributed by atoms with Gasteiger partial charge in [-0.2, -0.15) is 0 Å². The van der Waals surface area contributed by atoms with Gasteiger partial charge in [0, 0.05) is 64.5 Å². The molecule has 3 heterocycles. The molecule has 11 heteroatoms. The highest BCUT2D eigenvalue weighted by atomic mass is 35.5. The number of thioether (sulfide) groups is 1. The van der Waals surface area contributed by atoms with E-state index in [2.05, 4.69) is 75.6 Å². The van der Waals surface area contributed by atoms with E-state index in [9.17, 15) is 9.59 Å². The lowest BCUT2D eigenvalue weighted by Gasteiger charge is -2.40. The van der Waals surface area contributed by atoms with Crippen LogP contribution in [0, 0.1) is 0 Å². The number of aromatic nitrogens is 2. The quantitative estimate of drug-likeness (QED) is 0.142. The molecule has 5 rings (SSSR count). The van der Waals surface area contributed by atoms with Crippen molar-refractivity contribution in [2.75, 3.05) is 63.0 Å². The maximum absolute atomic E-state index is 13.2. The fourth-order valence-corrected chi connectivity index (χ4v) is 6.87. The van der Waals surface area contributed by atoms with E-state index in [1.165, 1.54) is 22.9 Å². The molecule has 1 atom stereocenters. The average Bonchev–Trinajstić information content (AvgIpc) is 3.05. The number of halogens is 1. The van der Waals surface area contributed by atoms with E-state index in [-0.39, 0.29) is 29.8 Å². The van der Waals surface area contributed by atoms with E-state index >= 15 is 0 Å². The minimum Gasteiger partial charge on any atom is -0.353 e. The summed E-state index contributed by atoms with van der Waals surface area (Å²) in [6.45, 7) is 9.68. The standard InChI is InChI=1S/C33H42ClN7O2S/c1-3-4-15-35-33(43)41-21-20-40(23-25(41)2)29-22-28(34)36-32(37-29)44-24-30(42)38-16-18-39(19-17-38)31(26-11-7-5-8-12-26)27-13-9-6-10-14-27/h5-14,22,25,31H,3-4,15-21,23-24H2,1-2H3,(H,35,43). The summed E-state index contributed by atoms with van der Waals surface area (Å²) in [4.78, 5) is 43.4. The van der Waals surface area contributed by atoms with Crippen molar-refractivity contribution in [1.29, 1.82) is 0 Å². The largest absolute Gasteiger partial charge is 0.353 e. The number of benzene rings is 2. The van der Waals surface area contributed by atoms with E-state index in [1.54, 1.807) is 6.07 Å². The van der Waals surface area contributed by atoms with Crippen molar-refractivity contribution < 1.29 is 9.59 Å². The van der Waals surface area contributed by atoms with Gasteiger partial charge in [0.1, 0.15) is 11.0 Å². The van der Waals surface area contributed by atoms with Crippen LogP contribution < -0.4 is 10.2 Å². The lowest BCUT2D eigenvalue weighted by atomic mass is 9.96. The van der Waals surface area contributed by atoms with E-state index < -0.39 is 0 Å². The maximum Gasteiger partial charge on any atom is 0.317 e. The van der Waals surface area contributed by atoms with Gasteiger partial charge in [-0.15, -0.1) is 0 Å². The summed E-state index contributed by atoms with van der Waals surface area (Å²) in [7, 11) is 0. The first-order valence-electron chi connectivity index (χ1n) is 15.5. The van der Waals surface area contributed by atoms with Gasteiger partial charge in [0.25, 0.3) is 0 Å². The van der Waals surface area contributed by atoms with Crippen LogP contribution in [-0.4, -0.2) is 101 Å². The molecule has 0 radical (unpaired) electrons. The molecule has 0 aliphatic carbocycles. The number of unbranched alkanes of at least 4 members (excludes halogenated alkanes) is 1. The van der Waals surface area contributed by atoms with Crippen molar-refractivity contribution in [2.45, 2.75) is 43.9 Å². The molecule has 2 fully saturated rings. The zero-order chi connectivity index (χ0) is 30.9. The van der Waals surface area contributed by atoms with E-state index in [4.69, 9.17) is 16.6 Å². The number of nitrogens with one attached hydrogen (secondary N) is 1. The number of nitrogens with zero attached hydrogens (tertiary/aromatic N) is 6. The van der Waals surface area contributed by atoms with Crippen LogP contribution in [-0.2, 0) is 4.79 Å². The fourth-order valence-electron chi connectivity index (χ4n) is 5.88. The molecule has 0 spiro atoms. The lowest BCUT2D eigenvalue weighted by Crippen LogP contribution is -2.56. The predicted octanol–water partition coefficient (Wildman–Crippen LogP) is 5.18. The van der Waals surface area contributed by atoms with Gasteiger partial charge in [-0.25, -0.2) is 14.8 Å². The van der Waals surface area contributed by atoms with E-state index in [0.717, 1.165) is 31.7 Å². The monoisotopic (exact) mass is 635 g/mol. The van der Waals surface area contributed by atoms with Gasteiger partial charge in [0.2, 0.25) is 5.91 Å². The second kappa shape index (κ2) is 15.6.